The summed E-state index contributed by atoms with van der Waals surface area (Å²) < 4.78 is 0. The summed E-state index contributed by atoms with van der Waals surface area (Å²) in [4.78, 5) is 55.8. The van der Waals surface area contributed by atoms with Crippen LogP contribution in [0.15, 0.2) is 24.3 Å². The van der Waals surface area contributed by atoms with Crippen LogP contribution in [0.25, 0.3) is 0 Å². The van der Waals surface area contributed by atoms with Gasteiger partial charge >= 0.3 is 0 Å². The van der Waals surface area contributed by atoms with Crippen molar-refractivity contribution in [1.82, 2.24) is 15.1 Å². The van der Waals surface area contributed by atoms with Gasteiger partial charge in [0, 0.05) is 44.9 Å². The minimum absolute atomic E-state index is 0.00389. The number of anilines is 1. The first kappa shape index (κ1) is 21.3. The van der Waals surface area contributed by atoms with Gasteiger partial charge in [0.25, 0.3) is 5.91 Å². The van der Waals surface area contributed by atoms with E-state index in [1.807, 2.05) is 26.0 Å². The predicted molar refractivity (Wildman–Crippen MR) is 115 cm³/mol. The summed E-state index contributed by atoms with van der Waals surface area (Å²) in [6, 6.07) is 7.16. The van der Waals surface area contributed by atoms with E-state index >= 15 is 0 Å². The van der Waals surface area contributed by atoms with Crippen molar-refractivity contribution in [3.05, 3.63) is 29.8 Å². The number of para-hydroxylation sites is 1. The molecule has 0 bridgehead atoms. The standard InChI is InChI=1S/C23H30N4O4/c1-3-19(28)24-16-7-6-13-25(15-16)20(29)11-14-26-22(31)17-8-4-5-9-18(17)27-21(30)10-12-23(26,27)2/h4-5,8-9,16H,3,6-7,10-15H2,1-2H3,(H,24,28). The Labute approximate surface area is 182 Å². The van der Waals surface area contributed by atoms with E-state index in [-0.39, 0.29) is 42.6 Å². The fourth-order valence-electron chi connectivity index (χ4n) is 5.06. The van der Waals surface area contributed by atoms with Crippen molar-refractivity contribution in [1.29, 1.82) is 0 Å². The topological polar surface area (TPSA) is 90.0 Å². The van der Waals surface area contributed by atoms with E-state index in [1.165, 1.54) is 0 Å². The molecule has 8 heteroatoms. The van der Waals surface area contributed by atoms with Crippen LogP contribution in [0.5, 0.6) is 0 Å². The average Bonchev–Trinajstić information content (AvgIpc) is 3.08. The van der Waals surface area contributed by atoms with E-state index in [2.05, 4.69) is 5.32 Å². The third-order valence-electron chi connectivity index (χ3n) is 6.76. The summed E-state index contributed by atoms with van der Waals surface area (Å²) in [5.74, 6) is -0.162. The van der Waals surface area contributed by atoms with Crippen molar-refractivity contribution in [2.45, 2.75) is 64.1 Å². The highest BCUT2D eigenvalue weighted by atomic mass is 16.2. The number of rotatable bonds is 5. The van der Waals surface area contributed by atoms with E-state index in [9.17, 15) is 19.2 Å². The van der Waals surface area contributed by atoms with Crippen LogP contribution in [0.3, 0.4) is 0 Å². The maximum Gasteiger partial charge on any atom is 0.257 e. The Hall–Kier alpha value is -2.90. The number of carbonyl (C=O) groups is 4. The molecule has 0 aliphatic carbocycles. The Kier molecular flexibility index (Phi) is 5.73. The van der Waals surface area contributed by atoms with Crippen molar-refractivity contribution in [3.63, 3.8) is 0 Å². The molecule has 1 aromatic rings. The number of piperidine rings is 1. The highest BCUT2D eigenvalue weighted by molar-refractivity contribution is 6.10. The highest BCUT2D eigenvalue weighted by Gasteiger charge is 2.52. The normalized spacial score (nSPS) is 25.4. The lowest BCUT2D eigenvalue weighted by atomic mass is 9.98. The summed E-state index contributed by atoms with van der Waals surface area (Å²) >= 11 is 0. The molecule has 3 aliphatic rings. The zero-order valence-corrected chi connectivity index (χ0v) is 18.2. The molecule has 0 saturated carbocycles. The molecule has 0 radical (unpaired) electrons. The third kappa shape index (κ3) is 3.79. The minimum atomic E-state index is -0.748. The van der Waals surface area contributed by atoms with Crippen LogP contribution >= 0.6 is 0 Å². The monoisotopic (exact) mass is 426 g/mol. The minimum Gasteiger partial charge on any atom is -0.352 e. The van der Waals surface area contributed by atoms with Crippen molar-refractivity contribution in [3.8, 4) is 0 Å². The van der Waals surface area contributed by atoms with Crippen molar-refractivity contribution in [2.75, 3.05) is 24.5 Å². The van der Waals surface area contributed by atoms with Crippen LogP contribution in [0.1, 0.15) is 62.7 Å². The molecule has 2 saturated heterocycles. The van der Waals surface area contributed by atoms with E-state index < -0.39 is 5.66 Å². The van der Waals surface area contributed by atoms with Crippen molar-refractivity contribution < 1.29 is 19.2 Å². The molecule has 3 heterocycles. The molecule has 0 aromatic heterocycles. The molecule has 2 atom stereocenters. The Balaban J connectivity index is 1.47. The summed E-state index contributed by atoms with van der Waals surface area (Å²) in [5, 5.41) is 2.98. The molecule has 31 heavy (non-hydrogen) atoms. The summed E-state index contributed by atoms with van der Waals surface area (Å²) in [6.45, 7) is 5.15. The molecule has 1 N–H and O–H groups in total. The van der Waals surface area contributed by atoms with Gasteiger partial charge in [-0.05, 0) is 38.3 Å². The van der Waals surface area contributed by atoms with Crippen molar-refractivity contribution in [2.24, 2.45) is 0 Å². The molecular formula is C23H30N4O4. The van der Waals surface area contributed by atoms with Gasteiger partial charge in [0.1, 0.15) is 5.66 Å². The molecule has 4 amide bonds. The summed E-state index contributed by atoms with van der Waals surface area (Å²) in [5.41, 5.74) is 0.413. The SMILES string of the molecule is CCC(=O)NC1CCCN(C(=O)CCN2C(=O)c3ccccc3N3C(=O)CCC23C)C1. The van der Waals surface area contributed by atoms with Gasteiger partial charge < -0.3 is 15.1 Å². The number of likely N-dealkylation sites (tertiary alicyclic amines) is 1. The number of benzene rings is 1. The van der Waals surface area contributed by atoms with Gasteiger partial charge in [0.05, 0.1) is 11.3 Å². The zero-order chi connectivity index (χ0) is 22.2. The van der Waals surface area contributed by atoms with Gasteiger partial charge in [0.2, 0.25) is 17.7 Å². The van der Waals surface area contributed by atoms with Crippen LogP contribution in [0.2, 0.25) is 0 Å². The average molecular weight is 427 g/mol. The maximum atomic E-state index is 13.3. The number of amides is 4. The number of nitrogens with zero attached hydrogens (tertiary/aromatic N) is 3. The highest BCUT2D eigenvalue weighted by Crippen LogP contribution is 2.44. The lowest BCUT2D eigenvalue weighted by Crippen LogP contribution is -2.62. The molecule has 1 aromatic carbocycles. The van der Waals surface area contributed by atoms with Crippen LogP contribution < -0.4 is 10.2 Å². The molecule has 2 fully saturated rings. The second-order valence-electron chi connectivity index (χ2n) is 8.77. The van der Waals surface area contributed by atoms with Crippen molar-refractivity contribution >= 4 is 29.3 Å². The number of carbonyl (C=O) groups excluding carboxylic acids is 4. The smallest absolute Gasteiger partial charge is 0.257 e. The largest absolute Gasteiger partial charge is 0.352 e. The number of nitrogens with one attached hydrogen (secondary N) is 1. The zero-order valence-electron chi connectivity index (χ0n) is 18.2. The number of hydrogen-bond acceptors (Lipinski definition) is 4. The van der Waals surface area contributed by atoms with Gasteiger partial charge in [-0.3, -0.25) is 24.1 Å². The van der Waals surface area contributed by atoms with Gasteiger partial charge in [-0.2, -0.15) is 0 Å². The molecule has 8 nitrogen and oxygen atoms in total. The fourth-order valence-corrected chi connectivity index (χ4v) is 5.06. The first-order chi connectivity index (χ1) is 14.8. The Morgan fingerprint density at radius 2 is 2.00 bits per heavy atom. The van der Waals surface area contributed by atoms with Crippen LogP contribution in [-0.2, 0) is 14.4 Å². The Morgan fingerprint density at radius 1 is 1.23 bits per heavy atom. The molecule has 0 spiro atoms. The van der Waals surface area contributed by atoms with Crippen LogP contribution in [0, 0.1) is 0 Å². The first-order valence-corrected chi connectivity index (χ1v) is 11.2. The predicted octanol–water partition coefficient (Wildman–Crippen LogP) is 1.89. The van der Waals surface area contributed by atoms with Crippen LogP contribution in [-0.4, -0.2) is 64.8 Å². The first-order valence-electron chi connectivity index (χ1n) is 11.2. The number of fused-ring (bicyclic) bond motifs is 3. The Bertz CT molecular complexity index is 917. The van der Waals surface area contributed by atoms with E-state index in [0.717, 1.165) is 12.8 Å². The summed E-state index contributed by atoms with van der Waals surface area (Å²) in [6.07, 6.45) is 3.27. The third-order valence-corrected chi connectivity index (χ3v) is 6.76. The fraction of sp³-hybridized carbons (Fsp3) is 0.565. The lowest BCUT2D eigenvalue weighted by molar-refractivity contribution is -0.134. The molecule has 4 rings (SSSR count). The lowest BCUT2D eigenvalue weighted by Gasteiger charge is -2.48. The van der Waals surface area contributed by atoms with Gasteiger partial charge in [-0.15, -0.1) is 0 Å². The molecule has 166 valence electrons. The van der Waals surface area contributed by atoms with Gasteiger partial charge in [0.15, 0.2) is 0 Å². The van der Waals surface area contributed by atoms with E-state index in [4.69, 9.17) is 0 Å². The quantitative estimate of drug-likeness (QED) is 0.779. The van der Waals surface area contributed by atoms with E-state index in [0.29, 0.717) is 43.6 Å². The molecule has 2 unspecified atom stereocenters. The second kappa shape index (κ2) is 8.32. The summed E-state index contributed by atoms with van der Waals surface area (Å²) in [7, 11) is 0. The second-order valence-corrected chi connectivity index (χ2v) is 8.77. The van der Waals surface area contributed by atoms with Crippen LogP contribution in [0.4, 0.5) is 5.69 Å². The molecular weight excluding hydrogens is 396 g/mol. The van der Waals surface area contributed by atoms with Gasteiger partial charge in [-0.25, -0.2) is 0 Å². The van der Waals surface area contributed by atoms with Gasteiger partial charge in [-0.1, -0.05) is 19.1 Å². The molecule has 3 aliphatic heterocycles. The Morgan fingerprint density at radius 3 is 2.77 bits per heavy atom. The maximum absolute atomic E-state index is 13.3. The number of hydrogen-bond donors (Lipinski definition) is 1. The van der Waals surface area contributed by atoms with E-state index in [1.54, 1.807) is 26.8 Å².